The standard InChI is InChI=1S/C29H34N2O12/c1-13(26(36)37)30-25(35)14(2)40-27(38)19(41-15(3)32)12-21(34)42-18-7-8-29(39)20-11-16-5-6-17(33)23-22(16)28(29,24(18)43-23)9-10-31(20)4/h5-7,13-14,19-20,24,33,39H,8-12H2,1-4H3,(H,30,35)(H,36,37)/t13-,14-,19-,20+,24-,28-,29+/m0/s1. The lowest BCUT2D eigenvalue weighted by Crippen LogP contribution is -2.74. The van der Waals surface area contributed by atoms with Gasteiger partial charge in [0.2, 0.25) is 6.10 Å². The Balaban J connectivity index is 1.34. The first-order valence-corrected chi connectivity index (χ1v) is 14.0. The molecule has 1 aromatic carbocycles. The molecule has 1 saturated heterocycles. The van der Waals surface area contributed by atoms with E-state index in [0.717, 1.165) is 12.5 Å². The number of hydrogen-bond acceptors (Lipinski definition) is 12. The number of carboxylic acid groups (broad SMARTS) is 1. The number of ether oxygens (including phenoxy) is 4. The summed E-state index contributed by atoms with van der Waals surface area (Å²) in [4.78, 5) is 63.0. The number of nitrogens with one attached hydrogen (secondary N) is 1. The number of aromatic hydroxyl groups is 1. The average molecular weight is 603 g/mol. The van der Waals surface area contributed by atoms with Crippen LogP contribution in [0.25, 0.3) is 0 Å². The predicted octanol–water partition coefficient (Wildman–Crippen LogP) is 0.0559. The van der Waals surface area contributed by atoms with E-state index < -0.39 is 71.6 Å². The van der Waals surface area contributed by atoms with Crippen molar-refractivity contribution in [3.05, 3.63) is 35.1 Å². The summed E-state index contributed by atoms with van der Waals surface area (Å²) in [5.41, 5.74) is -0.638. The highest BCUT2D eigenvalue weighted by atomic mass is 16.6. The lowest BCUT2D eigenvalue weighted by atomic mass is 9.50. The third-order valence-electron chi connectivity index (χ3n) is 8.90. The minimum atomic E-state index is -1.77. The van der Waals surface area contributed by atoms with Gasteiger partial charge in [-0.05, 0) is 58.0 Å². The van der Waals surface area contributed by atoms with Gasteiger partial charge in [0, 0.05) is 24.9 Å². The number of likely N-dealkylation sites (N-methyl/N-ethyl adjacent to an activating group) is 1. The van der Waals surface area contributed by atoms with E-state index in [0.29, 0.717) is 24.9 Å². The third kappa shape index (κ3) is 4.87. The molecule has 2 heterocycles. The molecule has 7 atom stereocenters. The SMILES string of the molecule is CC(=O)O[C@@H](CC(=O)OC1=CC[C@@]2(O)[C@H]3Cc4ccc(O)c5c4[C@@]2(CCN3C)[C@H]1O5)C(=O)O[C@@H](C)C(=O)N[C@@H](C)C(=O)O. The molecule has 1 amide bonds. The third-order valence-corrected chi connectivity index (χ3v) is 8.90. The Hall–Kier alpha value is -4.17. The molecule has 0 unspecified atom stereocenters. The molecule has 5 rings (SSSR count). The quantitative estimate of drug-likeness (QED) is 0.219. The molecule has 4 N–H and O–H groups in total. The van der Waals surface area contributed by atoms with Crippen LogP contribution in [0.15, 0.2) is 24.0 Å². The molecule has 232 valence electrons. The number of benzene rings is 1. The Morgan fingerprint density at radius 1 is 1.19 bits per heavy atom. The summed E-state index contributed by atoms with van der Waals surface area (Å²) < 4.78 is 22.0. The first-order chi connectivity index (χ1) is 20.2. The molecule has 14 heteroatoms. The van der Waals surface area contributed by atoms with E-state index in [1.54, 1.807) is 6.08 Å². The highest BCUT2D eigenvalue weighted by Gasteiger charge is 2.72. The normalized spacial score (nSPS) is 28.6. The van der Waals surface area contributed by atoms with Crippen LogP contribution in [0.5, 0.6) is 11.5 Å². The van der Waals surface area contributed by atoms with Crippen molar-refractivity contribution in [3.8, 4) is 11.5 Å². The molecular formula is C29H34N2O12. The van der Waals surface area contributed by atoms with E-state index in [1.165, 1.54) is 19.9 Å². The topological polar surface area (TPSA) is 198 Å². The smallest absolute Gasteiger partial charge is 0.348 e. The van der Waals surface area contributed by atoms with E-state index in [9.17, 15) is 34.2 Å². The van der Waals surface area contributed by atoms with E-state index in [2.05, 4.69) is 10.2 Å². The Labute approximate surface area is 246 Å². The number of aliphatic hydroxyl groups is 1. The molecular weight excluding hydrogens is 568 g/mol. The first-order valence-electron chi connectivity index (χ1n) is 14.0. The molecule has 0 radical (unpaired) electrons. The Morgan fingerprint density at radius 2 is 1.91 bits per heavy atom. The number of rotatable bonds is 9. The number of phenols is 1. The zero-order valence-corrected chi connectivity index (χ0v) is 24.1. The van der Waals surface area contributed by atoms with Gasteiger partial charge in [-0.2, -0.15) is 0 Å². The second-order valence-electron chi connectivity index (χ2n) is 11.5. The number of piperidine rings is 1. The first kappa shape index (κ1) is 30.3. The van der Waals surface area contributed by atoms with E-state index >= 15 is 0 Å². The predicted molar refractivity (Wildman–Crippen MR) is 144 cm³/mol. The zero-order chi connectivity index (χ0) is 31.4. The molecule has 0 saturated carbocycles. The Kier molecular flexibility index (Phi) is 7.63. The number of carbonyl (C=O) groups excluding carboxylic acids is 4. The van der Waals surface area contributed by atoms with Gasteiger partial charge in [-0.3, -0.25) is 19.2 Å². The van der Waals surface area contributed by atoms with Crippen molar-refractivity contribution in [3.63, 3.8) is 0 Å². The summed E-state index contributed by atoms with van der Waals surface area (Å²) in [6, 6.07) is 1.86. The van der Waals surface area contributed by atoms with Crippen LogP contribution in [0.4, 0.5) is 0 Å². The summed E-state index contributed by atoms with van der Waals surface area (Å²) in [7, 11) is 1.94. The highest BCUT2D eigenvalue weighted by molar-refractivity contribution is 5.89. The summed E-state index contributed by atoms with van der Waals surface area (Å²) >= 11 is 0. The van der Waals surface area contributed by atoms with E-state index in [-0.39, 0.29) is 29.7 Å². The highest BCUT2D eigenvalue weighted by Crippen LogP contribution is 2.65. The molecule has 14 nitrogen and oxygen atoms in total. The number of nitrogens with zero attached hydrogens (tertiary/aromatic N) is 1. The minimum absolute atomic E-state index is 0.0896. The van der Waals surface area contributed by atoms with Gasteiger partial charge in [-0.1, -0.05) is 6.07 Å². The van der Waals surface area contributed by atoms with Gasteiger partial charge in [0.1, 0.15) is 11.8 Å². The van der Waals surface area contributed by atoms with Crippen molar-refractivity contribution in [2.45, 2.75) is 87.9 Å². The molecule has 0 aromatic heterocycles. The molecule has 1 aromatic rings. The number of phenolic OH excluding ortho intramolecular Hbond substituents is 1. The fraction of sp³-hybridized carbons (Fsp3) is 0.552. The van der Waals surface area contributed by atoms with Gasteiger partial charge < -0.3 is 44.5 Å². The molecule has 4 aliphatic rings. The second kappa shape index (κ2) is 10.8. The number of esters is 3. The van der Waals surface area contributed by atoms with Crippen molar-refractivity contribution >= 4 is 29.8 Å². The minimum Gasteiger partial charge on any atom is -0.504 e. The van der Waals surface area contributed by atoms with Crippen molar-refractivity contribution < 1.29 is 58.2 Å². The van der Waals surface area contributed by atoms with Gasteiger partial charge in [0.15, 0.2) is 23.7 Å². The second-order valence-corrected chi connectivity index (χ2v) is 11.5. The summed E-state index contributed by atoms with van der Waals surface area (Å²) in [5.74, 6) is -5.07. The van der Waals surface area contributed by atoms with Crippen LogP contribution in [0.1, 0.15) is 51.2 Å². The number of carboxylic acids is 1. The zero-order valence-electron chi connectivity index (χ0n) is 24.1. The van der Waals surface area contributed by atoms with Crippen LogP contribution in [-0.4, -0.2) is 99.6 Å². The fourth-order valence-electron chi connectivity index (χ4n) is 6.83. The van der Waals surface area contributed by atoms with Crippen LogP contribution >= 0.6 is 0 Å². The maximum absolute atomic E-state index is 13.2. The summed E-state index contributed by atoms with van der Waals surface area (Å²) in [6.45, 7) is 4.06. The van der Waals surface area contributed by atoms with Gasteiger partial charge in [-0.25, -0.2) is 4.79 Å². The van der Waals surface area contributed by atoms with Crippen molar-refractivity contribution in [2.24, 2.45) is 0 Å². The van der Waals surface area contributed by atoms with E-state index in [4.69, 9.17) is 24.1 Å². The van der Waals surface area contributed by atoms with Crippen molar-refractivity contribution in [2.75, 3.05) is 13.6 Å². The van der Waals surface area contributed by atoms with E-state index in [1.807, 2.05) is 13.1 Å². The monoisotopic (exact) mass is 602 g/mol. The van der Waals surface area contributed by atoms with Crippen LogP contribution in [-0.2, 0) is 50.0 Å². The molecule has 2 bridgehead atoms. The van der Waals surface area contributed by atoms with Crippen molar-refractivity contribution in [1.82, 2.24) is 10.2 Å². The van der Waals surface area contributed by atoms with Crippen LogP contribution in [0.3, 0.4) is 0 Å². The lowest BCUT2D eigenvalue weighted by Gasteiger charge is -2.61. The number of likely N-dealkylation sites (tertiary alicyclic amines) is 1. The number of amides is 1. The number of carbonyl (C=O) groups is 5. The Bertz CT molecular complexity index is 1420. The van der Waals surface area contributed by atoms with Gasteiger partial charge in [0.25, 0.3) is 5.91 Å². The van der Waals surface area contributed by atoms with Gasteiger partial charge >= 0.3 is 23.9 Å². The van der Waals surface area contributed by atoms with Gasteiger partial charge in [-0.15, -0.1) is 0 Å². The van der Waals surface area contributed by atoms with Crippen LogP contribution in [0.2, 0.25) is 0 Å². The van der Waals surface area contributed by atoms with Gasteiger partial charge in [0.05, 0.1) is 17.4 Å². The Morgan fingerprint density at radius 3 is 2.58 bits per heavy atom. The molecule has 2 aliphatic carbocycles. The molecule has 1 spiro atoms. The molecule has 43 heavy (non-hydrogen) atoms. The summed E-state index contributed by atoms with van der Waals surface area (Å²) in [5, 5.41) is 34.0. The van der Waals surface area contributed by atoms with Crippen LogP contribution in [0, 0.1) is 0 Å². The largest absolute Gasteiger partial charge is 0.504 e. The maximum Gasteiger partial charge on any atom is 0.348 e. The molecule has 2 aliphatic heterocycles. The maximum atomic E-state index is 13.2. The number of hydrogen-bond donors (Lipinski definition) is 4. The summed E-state index contributed by atoms with van der Waals surface area (Å²) in [6.07, 6.45) is -2.24. The average Bonchev–Trinajstić information content (AvgIpc) is 3.29. The number of aliphatic carboxylic acids is 1. The molecule has 1 fully saturated rings. The lowest BCUT2D eigenvalue weighted by molar-refractivity contribution is -0.177. The van der Waals surface area contributed by atoms with Crippen LogP contribution < -0.4 is 10.1 Å². The fourth-order valence-corrected chi connectivity index (χ4v) is 6.83. The van der Waals surface area contributed by atoms with Crippen molar-refractivity contribution in [1.29, 1.82) is 0 Å².